The minimum absolute atomic E-state index is 0.138. The molecule has 2 aromatic carbocycles. The summed E-state index contributed by atoms with van der Waals surface area (Å²) in [6.45, 7) is 2.77. The molecule has 4 nitrogen and oxygen atoms in total. The first-order valence-electron chi connectivity index (χ1n) is 6.73. The first-order chi connectivity index (χ1) is 10.1. The molecular formula is C16H16FN3O. The van der Waals surface area contributed by atoms with E-state index in [-0.39, 0.29) is 5.69 Å². The van der Waals surface area contributed by atoms with Gasteiger partial charge in [0.15, 0.2) is 0 Å². The van der Waals surface area contributed by atoms with Crippen molar-refractivity contribution >= 4 is 16.7 Å². The van der Waals surface area contributed by atoms with Crippen molar-refractivity contribution in [2.24, 2.45) is 0 Å². The summed E-state index contributed by atoms with van der Waals surface area (Å²) >= 11 is 0. The Kier molecular flexibility index (Phi) is 3.25. The van der Waals surface area contributed by atoms with Crippen molar-refractivity contribution < 1.29 is 9.13 Å². The molecule has 0 fully saturated rings. The van der Waals surface area contributed by atoms with Crippen molar-refractivity contribution in [2.75, 3.05) is 12.8 Å². The van der Waals surface area contributed by atoms with Gasteiger partial charge in [-0.3, -0.25) is 0 Å². The third-order valence-corrected chi connectivity index (χ3v) is 3.53. The maximum Gasteiger partial charge on any atom is 0.146 e. The van der Waals surface area contributed by atoms with Crippen LogP contribution in [0, 0.1) is 5.82 Å². The number of nitrogen functional groups attached to an aromatic ring is 1. The second kappa shape index (κ2) is 5.09. The maximum absolute atomic E-state index is 13.7. The molecule has 0 saturated heterocycles. The van der Waals surface area contributed by atoms with Crippen LogP contribution >= 0.6 is 0 Å². The Labute approximate surface area is 122 Å². The highest BCUT2D eigenvalue weighted by Crippen LogP contribution is 2.28. The third kappa shape index (κ3) is 2.20. The van der Waals surface area contributed by atoms with Crippen LogP contribution in [0.25, 0.3) is 22.4 Å². The number of ether oxygens (including phenoxy) is 1. The monoisotopic (exact) mass is 285 g/mol. The van der Waals surface area contributed by atoms with Crippen LogP contribution in [0.3, 0.4) is 0 Å². The molecule has 0 spiro atoms. The Balaban J connectivity index is 2.23. The smallest absolute Gasteiger partial charge is 0.146 e. The van der Waals surface area contributed by atoms with E-state index >= 15 is 0 Å². The van der Waals surface area contributed by atoms with Crippen LogP contribution in [-0.4, -0.2) is 16.7 Å². The van der Waals surface area contributed by atoms with Crippen molar-refractivity contribution in [1.29, 1.82) is 0 Å². The number of aromatic nitrogens is 2. The highest BCUT2D eigenvalue weighted by atomic mass is 19.1. The molecule has 108 valence electrons. The van der Waals surface area contributed by atoms with E-state index < -0.39 is 5.82 Å². The minimum atomic E-state index is -0.431. The molecule has 0 saturated carbocycles. The van der Waals surface area contributed by atoms with Crippen molar-refractivity contribution in [3.8, 4) is 17.1 Å². The lowest BCUT2D eigenvalue weighted by Crippen LogP contribution is -1.98. The van der Waals surface area contributed by atoms with Gasteiger partial charge in [-0.2, -0.15) is 0 Å². The summed E-state index contributed by atoms with van der Waals surface area (Å²) in [6.07, 6.45) is 0. The zero-order valence-electron chi connectivity index (χ0n) is 11.9. The molecule has 5 heteroatoms. The molecule has 1 aromatic heterocycles. The lowest BCUT2D eigenvalue weighted by atomic mass is 10.2. The van der Waals surface area contributed by atoms with Gasteiger partial charge in [0.25, 0.3) is 0 Å². The number of nitrogens with two attached hydrogens (primary N) is 1. The molecule has 0 aliphatic carbocycles. The Morgan fingerprint density at radius 3 is 2.71 bits per heavy atom. The van der Waals surface area contributed by atoms with Gasteiger partial charge >= 0.3 is 0 Å². The van der Waals surface area contributed by atoms with Gasteiger partial charge < -0.3 is 15.0 Å². The van der Waals surface area contributed by atoms with Crippen molar-refractivity contribution in [3.63, 3.8) is 0 Å². The van der Waals surface area contributed by atoms with Crippen molar-refractivity contribution in [2.45, 2.75) is 13.5 Å². The second-order valence-corrected chi connectivity index (χ2v) is 4.77. The zero-order valence-corrected chi connectivity index (χ0v) is 11.9. The Morgan fingerprint density at radius 1 is 1.24 bits per heavy atom. The Morgan fingerprint density at radius 2 is 2.05 bits per heavy atom. The second-order valence-electron chi connectivity index (χ2n) is 4.77. The summed E-state index contributed by atoms with van der Waals surface area (Å²) in [4.78, 5) is 4.61. The van der Waals surface area contributed by atoms with Crippen LogP contribution in [0.5, 0.6) is 5.75 Å². The Bertz CT molecular complexity index is 811. The van der Waals surface area contributed by atoms with Gasteiger partial charge in [-0.1, -0.05) is 0 Å². The summed E-state index contributed by atoms with van der Waals surface area (Å²) in [6, 6.07) is 10.5. The van der Waals surface area contributed by atoms with Gasteiger partial charge in [-0.05, 0) is 37.3 Å². The average molecular weight is 285 g/mol. The third-order valence-electron chi connectivity index (χ3n) is 3.53. The van der Waals surface area contributed by atoms with Crippen LogP contribution in [0.15, 0.2) is 36.4 Å². The van der Waals surface area contributed by atoms with Crippen molar-refractivity contribution in [3.05, 3.63) is 42.2 Å². The maximum atomic E-state index is 13.7. The summed E-state index contributed by atoms with van der Waals surface area (Å²) in [5.41, 5.74) is 8.19. The predicted molar refractivity (Wildman–Crippen MR) is 81.8 cm³/mol. The number of halogens is 1. The van der Waals surface area contributed by atoms with E-state index in [9.17, 15) is 4.39 Å². The van der Waals surface area contributed by atoms with Crippen LogP contribution < -0.4 is 10.5 Å². The lowest BCUT2D eigenvalue weighted by Gasteiger charge is -2.07. The number of aryl methyl sites for hydroxylation is 1. The largest absolute Gasteiger partial charge is 0.497 e. The normalized spacial score (nSPS) is 11.0. The summed E-state index contributed by atoms with van der Waals surface area (Å²) < 4.78 is 21.0. The van der Waals surface area contributed by atoms with E-state index in [0.29, 0.717) is 5.56 Å². The molecular weight excluding hydrogens is 269 g/mol. The molecule has 0 bridgehead atoms. The number of rotatable bonds is 3. The standard InChI is InChI=1S/C16H16FN3O/c1-3-20-15-7-5-11(21-2)9-14(15)19-16(20)10-4-6-13(18)12(17)8-10/h4-9H,3,18H2,1-2H3. The van der Waals surface area contributed by atoms with Crippen LogP contribution in [0.2, 0.25) is 0 Å². The first-order valence-corrected chi connectivity index (χ1v) is 6.73. The molecule has 0 unspecified atom stereocenters. The summed E-state index contributed by atoms with van der Waals surface area (Å²) in [5, 5.41) is 0. The van der Waals surface area contributed by atoms with Crippen LogP contribution in [0.4, 0.5) is 10.1 Å². The quantitative estimate of drug-likeness (QED) is 0.750. The minimum Gasteiger partial charge on any atom is -0.497 e. The van der Waals surface area contributed by atoms with E-state index in [1.165, 1.54) is 6.07 Å². The average Bonchev–Trinajstić information content (AvgIpc) is 2.87. The van der Waals surface area contributed by atoms with E-state index in [2.05, 4.69) is 4.98 Å². The van der Waals surface area contributed by atoms with Gasteiger partial charge in [0.05, 0.1) is 23.8 Å². The van der Waals surface area contributed by atoms with Crippen LogP contribution in [0.1, 0.15) is 6.92 Å². The van der Waals surface area contributed by atoms with E-state index in [1.54, 1.807) is 19.2 Å². The molecule has 0 radical (unpaired) electrons. The number of nitrogens with zero attached hydrogens (tertiary/aromatic N) is 2. The highest BCUT2D eigenvalue weighted by Gasteiger charge is 2.13. The lowest BCUT2D eigenvalue weighted by molar-refractivity contribution is 0.415. The molecule has 1 heterocycles. The molecule has 3 rings (SSSR count). The number of hydrogen-bond donors (Lipinski definition) is 1. The fraction of sp³-hybridized carbons (Fsp3) is 0.188. The molecule has 0 atom stereocenters. The number of imidazole rings is 1. The SMILES string of the molecule is CCn1c(-c2ccc(N)c(F)c2)nc2cc(OC)ccc21. The fourth-order valence-electron chi connectivity index (χ4n) is 2.44. The molecule has 2 N–H and O–H groups in total. The summed E-state index contributed by atoms with van der Waals surface area (Å²) in [5.74, 6) is 1.04. The zero-order chi connectivity index (χ0) is 15.0. The number of fused-ring (bicyclic) bond motifs is 1. The number of anilines is 1. The highest BCUT2D eigenvalue weighted by molar-refractivity contribution is 5.82. The van der Waals surface area contributed by atoms with E-state index in [4.69, 9.17) is 10.5 Å². The van der Waals surface area contributed by atoms with E-state index in [1.807, 2.05) is 29.7 Å². The number of methoxy groups -OCH3 is 1. The van der Waals surface area contributed by atoms with Gasteiger partial charge in [-0.15, -0.1) is 0 Å². The van der Waals surface area contributed by atoms with Gasteiger partial charge in [0.2, 0.25) is 0 Å². The van der Waals surface area contributed by atoms with Gasteiger partial charge in [-0.25, -0.2) is 9.37 Å². The Hall–Kier alpha value is -2.56. The predicted octanol–water partition coefficient (Wildman–Crippen LogP) is 3.45. The first kappa shape index (κ1) is 13.4. The van der Waals surface area contributed by atoms with Gasteiger partial charge in [0.1, 0.15) is 17.4 Å². The van der Waals surface area contributed by atoms with Crippen LogP contribution in [-0.2, 0) is 6.54 Å². The van der Waals surface area contributed by atoms with Gasteiger partial charge in [0, 0.05) is 18.2 Å². The van der Waals surface area contributed by atoms with Crippen molar-refractivity contribution in [1.82, 2.24) is 9.55 Å². The number of hydrogen-bond acceptors (Lipinski definition) is 3. The molecule has 0 amide bonds. The number of benzene rings is 2. The van der Waals surface area contributed by atoms with E-state index in [0.717, 1.165) is 29.2 Å². The topological polar surface area (TPSA) is 53.1 Å². The fourth-order valence-corrected chi connectivity index (χ4v) is 2.44. The molecule has 0 aliphatic rings. The summed E-state index contributed by atoms with van der Waals surface area (Å²) in [7, 11) is 1.62. The molecule has 21 heavy (non-hydrogen) atoms. The molecule has 0 aliphatic heterocycles. The molecule has 3 aromatic rings.